The van der Waals surface area contributed by atoms with Crippen molar-refractivity contribution in [2.75, 3.05) is 6.54 Å². The summed E-state index contributed by atoms with van der Waals surface area (Å²) >= 11 is 2.95. The average molecular weight is 347 g/mol. The fourth-order valence-electron chi connectivity index (χ4n) is 2.36. The molecule has 1 saturated heterocycles. The zero-order chi connectivity index (χ0) is 14.9. The minimum atomic E-state index is -0.962. The first kappa shape index (κ1) is 14.9. The van der Waals surface area contributed by atoms with Gasteiger partial charge in [0.05, 0.1) is 0 Å². The Labute approximate surface area is 123 Å². The van der Waals surface area contributed by atoms with Crippen molar-refractivity contribution in [3.05, 3.63) is 33.8 Å². The van der Waals surface area contributed by atoms with Gasteiger partial charge in [-0.3, -0.25) is 9.59 Å². The highest BCUT2D eigenvalue weighted by Gasteiger charge is 2.33. The first-order chi connectivity index (χ1) is 9.41. The van der Waals surface area contributed by atoms with E-state index < -0.39 is 35.1 Å². The van der Waals surface area contributed by atoms with E-state index in [-0.39, 0.29) is 11.0 Å². The van der Waals surface area contributed by atoms with E-state index in [4.69, 9.17) is 5.73 Å². The van der Waals surface area contributed by atoms with Crippen LogP contribution in [0.5, 0.6) is 0 Å². The van der Waals surface area contributed by atoms with E-state index in [0.29, 0.717) is 12.8 Å². The standard InChI is InChI=1S/C13H13BrF2N2O2/c14-7-5-8(15)11(9(16)6-7)13(20)18-4-2-1-3-10(18)12(17)19/h5-6,10H,1-4H2,(H2,17,19). The van der Waals surface area contributed by atoms with Gasteiger partial charge in [-0.2, -0.15) is 0 Å². The van der Waals surface area contributed by atoms with Crippen LogP contribution in [0.4, 0.5) is 8.78 Å². The largest absolute Gasteiger partial charge is 0.368 e. The lowest BCUT2D eigenvalue weighted by molar-refractivity contribution is -0.123. The minimum Gasteiger partial charge on any atom is -0.368 e. The van der Waals surface area contributed by atoms with Crippen molar-refractivity contribution < 1.29 is 18.4 Å². The van der Waals surface area contributed by atoms with Gasteiger partial charge in [-0.05, 0) is 31.4 Å². The van der Waals surface area contributed by atoms with Crippen molar-refractivity contribution in [1.82, 2.24) is 4.90 Å². The lowest BCUT2D eigenvalue weighted by Crippen LogP contribution is -2.50. The van der Waals surface area contributed by atoms with Crippen LogP contribution >= 0.6 is 15.9 Å². The Hall–Kier alpha value is -1.50. The number of hydrogen-bond acceptors (Lipinski definition) is 2. The van der Waals surface area contributed by atoms with E-state index in [1.165, 1.54) is 0 Å². The maximum Gasteiger partial charge on any atom is 0.260 e. The molecule has 1 aliphatic rings. The fraction of sp³-hybridized carbons (Fsp3) is 0.385. The Morgan fingerprint density at radius 2 is 1.85 bits per heavy atom. The van der Waals surface area contributed by atoms with Gasteiger partial charge in [0.1, 0.15) is 23.2 Å². The number of piperidine rings is 1. The molecule has 0 radical (unpaired) electrons. The number of rotatable bonds is 2. The third-order valence-electron chi connectivity index (χ3n) is 3.31. The van der Waals surface area contributed by atoms with Crippen molar-refractivity contribution in [1.29, 1.82) is 0 Å². The van der Waals surface area contributed by atoms with Crippen LogP contribution in [0.25, 0.3) is 0 Å². The summed E-state index contributed by atoms with van der Waals surface area (Å²) in [5, 5.41) is 0. The summed E-state index contributed by atoms with van der Waals surface area (Å²) in [6, 6.07) is 1.22. The minimum absolute atomic E-state index is 0.203. The molecule has 108 valence electrons. The second-order valence-corrected chi connectivity index (χ2v) is 5.57. The number of benzene rings is 1. The summed E-state index contributed by atoms with van der Waals surface area (Å²) in [5.41, 5.74) is 4.59. The molecule has 2 rings (SSSR count). The number of primary amides is 1. The van der Waals surface area contributed by atoms with E-state index in [1.807, 2.05) is 0 Å². The maximum absolute atomic E-state index is 13.8. The molecule has 4 nitrogen and oxygen atoms in total. The van der Waals surface area contributed by atoms with Crippen molar-refractivity contribution in [3.63, 3.8) is 0 Å². The fourth-order valence-corrected chi connectivity index (χ4v) is 2.76. The Bertz CT molecular complexity index is 542. The molecule has 1 fully saturated rings. The molecule has 2 amide bonds. The molecular formula is C13H13BrF2N2O2. The molecule has 0 aromatic heterocycles. The summed E-state index contributed by atoms with van der Waals surface area (Å²) in [6.07, 6.45) is 1.85. The predicted octanol–water partition coefficient (Wildman–Crippen LogP) is 2.21. The Kier molecular flexibility index (Phi) is 4.37. The summed E-state index contributed by atoms with van der Waals surface area (Å²) in [7, 11) is 0. The van der Waals surface area contributed by atoms with Crippen LogP contribution < -0.4 is 5.73 Å². The lowest BCUT2D eigenvalue weighted by Gasteiger charge is -2.33. The van der Waals surface area contributed by atoms with Crippen molar-refractivity contribution in [2.24, 2.45) is 5.73 Å². The molecule has 1 aromatic rings. The molecule has 1 aliphatic heterocycles. The van der Waals surface area contributed by atoms with Gasteiger partial charge in [-0.15, -0.1) is 0 Å². The molecule has 0 aliphatic carbocycles. The summed E-state index contributed by atoms with van der Waals surface area (Å²) in [5.74, 6) is -3.42. The Balaban J connectivity index is 2.37. The number of likely N-dealkylation sites (tertiary alicyclic amines) is 1. The van der Waals surface area contributed by atoms with Crippen LogP contribution in [-0.2, 0) is 4.79 Å². The molecule has 7 heteroatoms. The molecule has 0 bridgehead atoms. The lowest BCUT2D eigenvalue weighted by atomic mass is 10.00. The van der Waals surface area contributed by atoms with E-state index in [2.05, 4.69) is 15.9 Å². The van der Waals surface area contributed by atoms with Gasteiger partial charge in [0.25, 0.3) is 5.91 Å². The van der Waals surface area contributed by atoms with Gasteiger partial charge in [-0.1, -0.05) is 15.9 Å². The van der Waals surface area contributed by atoms with Crippen molar-refractivity contribution in [3.8, 4) is 0 Å². The molecule has 1 aromatic carbocycles. The topological polar surface area (TPSA) is 63.4 Å². The molecule has 1 atom stereocenters. The highest BCUT2D eigenvalue weighted by atomic mass is 79.9. The van der Waals surface area contributed by atoms with Gasteiger partial charge in [0.2, 0.25) is 5.91 Å². The zero-order valence-corrected chi connectivity index (χ0v) is 12.1. The number of nitrogens with two attached hydrogens (primary N) is 1. The third-order valence-corrected chi connectivity index (χ3v) is 3.77. The van der Waals surface area contributed by atoms with Crippen molar-refractivity contribution >= 4 is 27.7 Å². The molecule has 1 heterocycles. The predicted molar refractivity (Wildman–Crippen MR) is 71.9 cm³/mol. The molecular weight excluding hydrogens is 334 g/mol. The van der Waals surface area contributed by atoms with Gasteiger partial charge < -0.3 is 10.6 Å². The van der Waals surface area contributed by atoms with Gasteiger partial charge in [0.15, 0.2) is 0 Å². The van der Waals surface area contributed by atoms with E-state index in [0.717, 1.165) is 23.5 Å². The van der Waals surface area contributed by atoms with Crippen molar-refractivity contribution in [2.45, 2.75) is 25.3 Å². The number of carbonyl (C=O) groups excluding carboxylic acids is 2. The van der Waals surface area contributed by atoms with Crippen LogP contribution in [0.3, 0.4) is 0 Å². The average Bonchev–Trinajstić information content (AvgIpc) is 2.37. The van der Waals surface area contributed by atoms with Crippen LogP contribution in [0.2, 0.25) is 0 Å². The summed E-state index contributed by atoms with van der Waals surface area (Å²) in [6.45, 7) is 0.265. The van der Waals surface area contributed by atoms with E-state index >= 15 is 0 Å². The smallest absolute Gasteiger partial charge is 0.260 e. The molecule has 0 saturated carbocycles. The zero-order valence-electron chi connectivity index (χ0n) is 10.5. The normalized spacial score (nSPS) is 18.9. The number of halogens is 3. The molecule has 2 N–H and O–H groups in total. The second kappa shape index (κ2) is 5.87. The van der Waals surface area contributed by atoms with Gasteiger partial charge in [0, 0.05) is 11.0 Å². The number of carbonyl (C=O) groups is 2. The van der Waals surface area contributed by atoms with E-state index in [9.17, 15) is 18.4 Å². The van der Waals surface area contributed by atoms with Crippen LogP contribution in [0, 0.1) is 11.6 Å². The van der Waals surface area contributed by atoms with Gasteiger partial charge >= 0.3 is 0 Å². The van der Waals surface area contributed by atoms with Gasteiger partial charge in [-0.25, -0.2) is 8.78 Å². The highest BCUT2D eigenvalue weighted by molar-refractivity contribution is 9.10. The SMILES string of the molecule is NC(=O)C1CCCCN1C(=O)c1c(F)cc(Br)cc1F. The number of amides is 2. The molecule has 1 unspecified atom stereocenters. The Morgan fingerprint density at radius 3 is 2.40 bits per heavy atom. The number of hydrogen-bond donors (Lipinski definition) is 1. The first-order valence-electron chi connectivity index (χ1n) is 6.16. The molecule has 20 heavy (non-hydrogen) atoms. The number of nitrogens with zero attached hydrogens (tertiary/aromatic N) is 1. The summed E-state index contributed by atoms with van der Waals surface area (Å²) in [4.78, 5) is 24.8. The van der Waals surface area contributed by atoms with Crippen LogP contribution in [0.15, 0.2) is 16.6 Å². The Morgan fingerprint density at radius 1 is 1.25 bits per heavy atom. The van der Waals surface area contributed by atoms with Crippen LogP contribution in [-0.4, -0.2) is 29.3 Å². The quantitative estimate of drug-likeness (QED) is 0.892. The maximum atomic E-state index is 13.8. The van der Waals surface area contributed by atoms with E-state index in [1.54, 1.807) is 0 Å². The monoisotopic (exact) mass is 346 g/mol. The highest BCUT2D eigenvalue weighted by Crippen LogP contribution is 2.24. The first-order valence-corrected chi connectivity index (χ1v) is 6.96. The second-order valence-electron chi connectivity index (χ2n) is 4.66. The summed E-state index contributed by atoms with van der Waals surface area (Å²) < 4.78 is 27.8. The third kappa shape index (κ3) is 2.82. The molecule has 0 spiro atoms. The van der Waals surface area contributed by atoms with Crippen LogP contribution in [0.1, 0.15) is 29.6 Å².